The van der Waals surface area contributed by atoms with E-state index in [0.29, 0.717) is 6.54 Å². The zero-order valence-electron chi connectivity index (χ0n) is 9.91. The molecule has 3 nitrogen and oxygen atoms in total. The van der Waals surface area contributed by atoms with Gasteiger partial charge in [0.15, 0.2) is 0 Å². The zero-order valence-corrected chi connectivity index (χ0v) is 10.7. The van der Waals surface area contributed by atoms with Crippen LogP contribution >= 0.6 is 12.4 Å². The number of carbonyl (C=O) groups is 1. The number of benzene rings is 1. The van der Waals surface area contributed by atoms with Gasteiger partial charge in [-0.2, -0.15) is 0 Å². The van der Waals surface area contributed by atoms with Gasteiger partial charge in [-0.25, -0.2) is 0 Å². The van der Waals surface area contributed by atoms with Crippen molar-refractivity contribution in [2.45, 2.75) is 20.8 Å². The van der Waals surface area contributed by atoms with Crippen LogP contribution in [0, 0.1) is 12.3 Å². The number of hydrogen-bond donors (Lipinski definition) is 2. The van der Waals surface area contributed by atoms with Gasteiger partial charge in [-0.05, 0) is 38.5 Å². The van der Waals surface area contributed by atoms with Crippen LogP contribution in [0.15, 0.2) is 24.3 Å². The summed E-state index contributed by atoms with van der Waals surface area (Å²) >= 11 is 0. The number of hydrogen-bond acceptors (Lipinski definition) is 2. The average Bonchev–Trinajstić information content (AvgIpc) is 2.17. The molecule has 0 saturated heterocycles. The molecule has 90 valence electrons. The summed E-state index contributed by atoms with van der Waals surface area (Å²) < 4.78 is 0. The third kappa shape index (κ3) is 3.83. The highest BCUT2D eigenvalue weighted by atomic mass is 35.5. The molecule has 1 amide bonds. The minimum Gasteiger partial charge on any atom is -0.329 e. The van der Waals surface area contributed by atoms with Gasteiger partial charge >= 0.3 is 0 Å². The summed E-state index contributed by atoms with van der Waals surface area (Å²) in [5, 5.41) is 2.86. The van der Waals surface area contributed by atoms with Crippen LogP contribution in [0.25, 0.3) is 0 Å². The van der Waals surface area contributed by atoms with Gasteiger partial charge in [-0.15, -0.1) is 12.4 Å². The van der Waals surface area contributed by atoms with Crippen LogP contribution in [0.4, 0.5) is 5.69 Å². The molecular weight excluding hydrogens is 224 g/mol. The Hall–Kier alpha value is -1.06. The molecule has 0 bridgehead atoms. The van der Waals surface area contributed by atoms with Gasteiger partial charge in [0.25, 0.3) is 0 Å². The first-order valence-electron chi connectivity index (χ1n) is 5.04. The molecule has 0 aliphatic carbocycles. The predicted molar refractivity (Wildman–Crippen MR) is 69.9 cm³/mol. The van der Waals surface area contributed by atoms with E-state index in [-0.39, 0.29) is 18.3 Å². The highest BCUT2D eigenvalue weighted by Crippen LogP contribution is 2.17. The maximum atomic E-state index is 11.8. The van der Waals surface area contributed by atoms with Crippen molar-refractivity contribution in [2.24, 2.45) is 11.1 Å². The van der Waals surface area contributed by atoms with Crippen LogP contribution in [0.2, 0.25) is 0 Å². The molecule has 0 aliphatic rings. The molecule has 1 aromatic rings. The van der Waals surface area contributed by atoms with Gasteiger partial charge in [0, 0.05) is 12.2 Å². The standard InChI is InChI=1S/C12H18N2O.ClH/c1-9-5-4-6-10(7-9)14-11(15)12(2,3)8-13;/h4-7H,8,13H2,1-3H3,(H,14,15);1H. The first kappa shape index (κ1) is 14.9. The summed E-state index contributed by atoms with van der Waals surface area (Å²) in [5.41, 5.74) is 6.95. The summed E-state index contributed by atoms with van der Waals surface area (Å²) in [6.07, 6.45) is 0. The van der Waals surface area contributed by atoms with Crippen molar-refractivity contribution in [3.8, 4) is 0 Å². The van der Waals surface area contributed by atoms with E-state index in [2.05, 4.69) is 5.32 Å². The molecule has 1 rings (SSSR count). The Morgan fingerprint density at radius 2 is 2.06 bits per heavy atom. The Kier molecular flexibility index (Phi) is 5.48. The van der Waals surface area contributed by atoms with Gasteiger partial charge in [0.2, 0.25) is 5.91 Å². The van der Waals surface area contributed by atoms with Crippen molar-refractivity contribution in [1.29, 1.82) is 0 Å². The molecule has 0 unspecified atom stereocenters. The normalized spacial score (nSPS) is 10.5. The monoisotopic (exact) mass is 242 g/mol. The highest BCUT2D eigenvalue weighted by molar-refractivity contribution is 5.95. The fourth-order valence-electron chi connectivity index (χ4n) is 1.12. The fraction of sp³-hybridized carbons (Fsp3) is 0.417. The van der Waals surface area contributed by atoms with Crippen molar-refractivity contribution in [1.82, 2.24) is 0 Å². The molecule has 0 heterocycles. The molecule has 0 fully saturated rings. The van der Waals surface area contributed by atoms with Crippen molar-refractivity contribution in [2.75, 3.05) is 11.9 Å². The molecule has 0 spiro atoms. The number of rotatable bonds is 3. The number of anilines is 1. The molecule has 0 saturated carbocycles. The van der Waals surface area contributed by atoms with Crippen LogP contribution in [-0.4, -0.2) is 12.5 Å². The third-order valence-electron chi connectivity index (χ3n) is 2.40. The van der Waals surface area contributed by atoms with Crippen molar-refractivity contribution in [3.05, 3.63) is 29.8 Å². The minimum absolute atomic E-state index is 0. The molecule has 1 aromatic carbocycles. The van der Waals surface area contributed by atoms with E-state index in [9.17, 15) is 4.79 Å². The molecule has 0 radical (unpaired) electrons. The molecule has 4 heteroatoms. The Balaban J connectivity index is 0.00000225. The lowest BCUT2D eigenvalue weighted by Crippen LogP contribution is -2.37. The Labute approximate surface area is 103 Å². The molecule has 3 N–H and O–H groups in total. The number of aryl methyl sites for hydroxylation is 1. The highest BCUT2D eigenvalue weighted by Gasteiger charge is 2.25. The summed E-state index contributed by atoms with van der Waals surface area (Å²) in [5.74, 6) is -0.0457. The Morgan fingerprint density at radius 1 is 1.44 bits per heavy atom. The van der Waals surface area contributed by atoms with Crippen molar-refractivity contribution < 1.29 is 4.79 Å². The predicted octanol–water partition coefficient (Wildman–Crippen LogP) is 2.34. The molecule has 0 atom stereocenters. The van der Waals surface area contributed by atoms with E-state index in [1.807, 2.05) is 45.0 Å². The number of nitrogens with one attached hydrogen (secondary N) is 1. The van der Waals surface area contributed by atoms with E-state index < -0.39 is 5.41 Å². The molecule has 0 aromatic heterocycles. The average molecular weight is 243 g/mol. The second-order valence-electron chi connectivity index (χ2n) is 4.41. The first-order chi connectivity index (χ1) is 6.95. The van der Waals surface area contributed by atoms with Crippen LogP contribution < -0.4 is 11.1 Å². The Bertz CT molecular complexity index is 364. The lowest BCUT2D eigenvalue weighted by Gasteiger charge is -2.21. The lowest BCUT2D eigenvalue weighted by molar-refractivity contribution is -0.123. The van der Waals surface area contributed by atoms with Crippen LogP contribution in [0.3, 0.4) is 0 Å². The molecule has 0 aliphatic heterocycles. The fourth-order valence-corrected chi connectivity index (χ4v) is 1.12. The maximum absolute atomic E-state index is 11.8. The zero-order chi connectivity index (χ0) is 11.5. The minimum atomic E-state index is -0.524. The van der Waals surface area contributed by atoms with E-state index in [1.165, 1.54) is 0 Å². The number of halogens is 1. The largest absolute Gasteiger partial charge is 0.329 e. The van der Waals surface area contributed by atoms with Crippen LogP contribution in [-0.2, 0) is 4.79 Å². The molecular formula is C12H19ClN2O. The van der Waals surface area contributed by atoms with E-state index in [4.69, 9.17) is 5.73 Å². The third-order valence-corrected chi connectivity index (χ3v) is 2.40. The first-order valence-corrected chi connectivity index (χ1v) is 5.04. The Morgan fingerprint density at radius 3 is 2.56 bits per heavy atom. The summed E-state index contributed by atoms with van der Waals surface area (Å²) in [7, 11) is 0. The second kappa shape index (κ2) is 5.87. The van der Waals surface area contributed by atoms with E-state index in [1.54, 1.807) is 0 Å². The summed E-state index contributed by atoms with van der Waals surface area (Å²) in [6, 6.07) is 7.71. The maximum Gasteiger partial charge on any atom is 0.231 e. The second-order valence-corrected chi connectivity index (χ2v) is 4.41. The SMILES string of the molecule is Cc1cccc(NC(=O)C(C)(C)CN)c1.Cl. The summed E-state index contributed by atoms with van der Waals surface area (Å²) in [4.78, 5) is 11.8. The smallest absolute Gasteiger partial charge is 0.231 e. The number of nitrogens with two attached hydrogens (primary N) is 1. The summed E-state index contributed by atoms with van der Waals surface area (Å²) in [6.45, 7) is 5.99. The van der Waals surface area contributed by atoms with Gasteiger partial charge in [-0.1, -0.05) is 12.1 Å². The number of amides is 1. The van der Waals surface area contributed by atoms with E-state index in [0.717, 1.165) is 11.3 Å². The van der Waals surface area contributed by atoms with Gasteiger partial charge < -0.3 is 11.1 Å². The van der Waals surface area contributed by atoms with Gasteiger partial charge in [0.05, 0.1) is 5.41 Å². The van der Waals surface area contributed by atoms with Crippen LogP contribution in [0.5, 0.6) is 0 Å². The topological polar surface area (TPSA) is 55.1 Å². The number of carbonyl (C=O) groups excluding carboxylic acids is 1. The van der Waals surface area contributed by atoms with Gasteiger partial charge in [-0.3, -0.25) is 4.79 Å². The van der Waals surface area contributed by atoms with E-state index >= 15 is 0 Å². The van der Waals surface area contributed by atoms with Gasteiger partial charge in [0.1, 0.15) is 0 Å². The quantitative estimate of drug-likeness (QED) is 0.855. The molecule has 16 heavy (non-hydrogen) atoms. The van der Waals surface area contributed by atoms with Crippen LogP contribution in [0.1, 0.15) is 19.4 Å². The van der Waals surface area contributed by atoms with Crippen molar-refractivity contribution >= 4 is 24.0 Å². The van der Waals surface area contributed by atoms with Crippen molar-refractivity contribution in [3.63, 3.8) is 0 Å². The lowest BCUT2D eigenvalue weighted by atomic mass is 9.92.